The number of carbonyl (C=O) groups excluding carboxylic acids is 1. The molecule has 1 heterocycles. The Labute approximate surface area is 127 Å². The van der Waals surface area contributed by atoms with Gasteiger partial charge in [-0.25, -0.2) is 4.39 Å². The summed E-state index contributed by atoms with van der Waals surface area (Å²) >= 11 is 0. The summed E-state index contributed by atoms with van der Waals surface area (Å²) < 4.78 is 23.7. The fraction of sp³-hybridized carbons (Fsp3) is 0.235. The molecule has 0 saturated carbocycles. The average molecular weight is 301 g/mol. The minimum absolute atomic E-state index is 0.0750. The summed E-state index contributed by atoms with van der Waals surface area (Å²) in [6.07, 6.45) is 0.314. The van der Waals surface area contributed by atoms with Gasteiger partial charge in [0.25, 0.3) is 0 Å². The zero-order chi connectivity index (χ0) is 15.7. The number of rotatable bonds is 3. The standard InChI is InChI=1S/C17H16FNO3/c1-21-15-7-13-12(10-3-5-11(18)6-4-10)8-17(20)19-14(13)9-16(15)22-2/h3-7,9,12H,8H2,1-2H3,(H,19,20). The third-order valence-corrected chi connectivity index (χ3v) is 3.87. The lowest BCUT2D eigenvalue weighted by atomic mass is 9.84. The van der Waals surface area contributed by atoms with E-state index in [4.69, 9.17) is 9.47 Å². The lowest BCUT2D eigenvalue weighted by molar-refractivity contribution is -0.116. The Balaban J connectivity index is 2.11. The van der Waals surface area contributed by atoms with E-state index in [9.17, 15) is 9.18 Å². The minimum Gasteiger partial charge on any atom is -0.493 e. The number of anilines is 1. The van der Waals surface area contributed by atoms with Crippen molar-refractivity contribution in [1.82, 2.24) is 0 Å². The van der Waals surface area contributed by atoms with Crippen LogP contribution < -0.4 is 14.8 Å². The Morgan fingerprint density at radius 1 is 1.09 bits per heavy atom. The number of hydrogen-bond acceptors (Lipinski definition) is 3. The molecule has 0 spiro atoms. The van der Waals surface area contributed by atoms with Crippen LogP contribution in [0.4, 0.5) is 10.1 Å². The van der Waals surface area contributed by atoms with Crippen LogP contribution in [0.25, 0.3) is 0 Å². The van der Waals surface area contributed by atoms with Crippen molar-refractivity contribution in [3.63, 3.8) is 0 Å². The maximum Gasteiger partial charge on any atom is 0.225 e. The van der Waals surface area contributed by atoms with Gasteiger partial charge in [-0.3, -0.25) is 4.79 Å². The van der Waals surface area contributed by atoms with Gasteiger partial charge >= 0.3 is 0 Å². The monoisotopic (exact) mass is 301 g/mol. The maximum atomic E-state index is 13.1. The lowest BCUT2D eigenvalue weighted by Crippen LogP contribution is -2.23. The van der Waals surface area contributed by atoms with Crippen molar-refractivity contribution in [2.24, 2.45) is 0 Å². The summed E-state index contributed by atoms with van der Waals surface area (Å²) in [4.78, 5) is 12.0. The molecule has 1 aliphatic rings. The van der Waals surface area contributed by atoms with Crippen LogP contribution in [0.2, 0.25) is 0 Å². The van der Waals surface area contributed by atoms with Gasteiger partial charge in [0.1, 0.15) is 5.82 Å². The van der Waals surface area contributed by atoms with Crippen LogP contribution in [0, 0.1) is 5.82 Å². The number of nitrogens with one attached hydrogen (secondary N) is 1. The maximum absolute atomic E-state index is 13.1. The fourth-order valence-electron chi connectivity index (χ4n) is 2.78. The van der Waals surface area contributed by atoms with Crippen LogP contribution in [0.15, 0.2) is 36.4 Å². The van der Waals surface area contributed by atoms with Crippen LogP contribution in [-0.4, -0.2) is 20.1 Å². The van der Waals surface area contributed by atoms with Crippen molar-refractivity contribution >= 4 is 11.6 Å². The van der Waals surface area contributed by atoms with Crippen molar-refractivity contribution in [2.75, 3.05) is 19.5 Å². The Morgan fingerprint density at radius 3 is 2.36 bits per heavy atom. The van der Waals surface area contributed by atoms with E-state index in [2.05, 4.69) is 5.32 Å². The van der Waals surface area contributed by atoms with E-state index in [0.717, 1.165) is 11.1 Å². The molecule has 1 atom stereocenters. The molecule has 2 aromatic carbocycles. The highest BCUT2D eigenvalue weighted by Gasteiger charge is 2.28. The van der Waals surface area contributed by atoms with Gasteiger partial charge in [0, 0.05) is 24.1 Å². The van der Waals surface area contributed by atoms with Gasteiger partial charge in [0.15, 0.2) is 11.5 Å². The molecule has 22 heavy (non-hydrogen) atoms. The average Bonchev–Trinajstić information content (AvgIpc) is 2.53. The highest BCUT2D eigenvalue weighted by atomic mass is 19.1. The molecule has 0 bridgehead atoms. The number of amides is 1. The molecule has 3 rings (SSSR count). The molecule has 1 aliphatic heterocycles. The van der Waals surface area contributed by atoms with Gasteiger partial charge in [-0.2, -0.15) is 0 Å². The Hall–Kier alpha value is -2.56. The molecule has 0 radical (unpaired) electrons. The first kappa shape index (κ1) is 14.4. The molecule has 114 valence electrons. The highest BCUT2D eigenvalue weighted by molar-refractivity contribution is 5.96. The molecule has 1 amide bonds. The zero-order valence-corrected chi connectivity index (χ0v) is 12.4. The summed E-state index contributed by atoms with van der Waals surface area (Å²) in [7, 11) is 3.12. The van der Waals surface area contributed by atoms with E-state index in [0.29, 0.717) is 23.6 Å². The predicted octanol–water partition coefficient (Wildman–Crippen LogP) is 3.32. The number of fused-ring (bicyclic) bond motifs is 1. The quantitative estimate of drug-likeness (QED) is 0.946. The van der Waals surface area contributed by atoms with Crippen molar-refractivity contribution < 1.29 is 18.7 Å². The van der Waals surface area contributed by atoms with E-state index in [1.165, 1.54) is 12.1 Å². The molecule has 0 fully saturated rings. The number of hydrogen-bond donors (Lipinski definition) is 1. The van der Waals surface area contributed by atoms with E-state index >= 15 is 0 Å². The second-order valence-electron chi connectivity index (χ2n) is 5.15. The number of carbonyl (C=O) groups is 1. The minimum atomic E-state index is -0.295. The normalized spacial score (nSPS) is 16.7. The van der Waals surface area contributed by atoms with Gasteiger partial charge in [0.2, 0.25) is 5.91 Å². The van der Waals surface area contributed by atoms with E-state index in [1.807, 2.05) is 6.07 Å². The van der Waals surface area contributed by atoms with Crippen LogP contribution >= 0.6 is 0 Å². The SMILES string of the molecule is COc1cc2c(cc1OC)C(c1ccc(F)cc1)CC(=O)N2. The molecule has 1 unspecified atom stereocenters. The molecule has 4 nitrogen and oxygen atoms in total. The van der Waals surface area contributed by atoms with Gasteiger partial charge in [-0.1, -0.05) is 12.1 Å². The Bertz CT molecular complexity index is 713. The van der Waals surface area contributed by atoms with Gasteiger partial charge in [-0.05, 0) is 29.3 Å². The first-order chi connectivity index (χ1) is 10.6. The number of halogens is 1. The van der Waals surface area contributed by atoms with Crippen molar-refractivity contribution in [1.29, 1.82) is 0 Å². The Kier molecular flexibility index (Phi) is 3.71. The smallest absolute Gasteiger partial charge is 0.225 e. The van der Waals surface area contributed by atoms with Crippen LogP contribution in [0.1, 0.15) is 23.5 Å². The molecule has 0 aliphatic carbocycles. The van der Waals surface area contributed by atoms with Crippen molar-refractivity contribution in [3.05, 3.63) is 53.3 Å². The fourth-order valence-corrected chi connectivity index (χ4v) is 2.78. The molecule has 5 heteroatoms. The summed E-state index contributed by atoms with van der Waals surface area (Å²) in [6.45, 7) is 0. The van der Waals surface area contributed by atoms with E-state index in [-0.39, 0.29) is 17.6 Å². The molecule has 2 aromatic rings. The predicted molar refractivity (Wildman–Crippen MR) is 81.0 cm³/mol. The van der Waals surface area contributed by atoms with Crippen molar-refractivity contribution in [2.45, 2.75) is 12.3 Å². The topological polar surface area (TPSA) is 47.6 Å². The molecular weight excluding hydrogens is 285 g/mol. The van der Waals surface area contributed by atoms with Crippen LogP contribution in [0.5, 0.6) is 11.5 Å². The summed E-state index contributed by atoms with van der Waals surface area (Å²) in [6, 6.07) is 9.84. The number of ether oxygens (including phenoxy) is 2. The van der Waals surface area contributed by atoms with Gasteiger partial charge in [0.05, 0.1) is 14.2 Å². The summed E-state index contributed by atoms with van der Waals surface area (Å²) in [5.74, 6) is 0.653. The molecular formula is C17H16FNO3. The third kappa shape index (κ3) is 2.50. The van der Waals surface area contributed by atoms with E-state index < -0.39 is 0 Å². The van der Waals surface area contributed by atoms with E-state index in [1.54, 1.807) is 32.4 Å². The van der Waals surface area contributed by atoms with Crippen LogP contribution in [-0.2, 0) is 4.79 Å². The molecule has 1 N–H and O–H groups in total. The lowest BCUT2D eigenvalue weighted by Gasteiger charge is -2.27. The molecule has 0 aromatic heterocycles. The van der Waals surface area contributed by atoms with Gasteiger partial charge < -0.3 is 14.8 Å². The second kappa shape index (κ2) is 5.67. The van der Waals surface area contributed by atoms with Gasteiger partial charge in [-0.15, -0.1) is 0 Å². The summed E-state index contributed by atoms with van der Waals surface area (Å²) in [5.41, 5.74) is 2.52. The first-order valence-electron chi connectivity index (χ1n) is 6.93. The molecule has 0 saturated heterocycles. The zero-order valence-electron chi connectivity index (χ0n) is 12.4. The van der Waals surface area contributed by atoms with Crippen molar-refractivity contribution in [3.8, 4) is 11.5 Å². The highest BCUT2D eigenvalue weighted by Crippen LogP contribution is 2.42. The number of methoxy groups -OCH3 is 2. The number of benzene rings is 2. The largest absolute Gasteiger partial charge is 0.493 e. The Morgan fingerprint density at radius 2 is 1.73 bits per heavy atom. The van der Waals surface area contributed by atoms with Crippen LogP contribution in [0.3, 0.4) is 0 Å². The third-order valence-electron chi connectivity index (χ3n) is 3.87. The first-order valence-corrected chi connectivity index (χ1v) is 6.93. The second-order valence-corrected chi connectivity index (χ2v) is 5.15. The summed E-state index contributed by atoms with van der Waals surface area (Å²) in [5, 5.41) is 2.85.